The van der Waals surface area contributed by atoms with Crippen molar-refractivity contribution in [2.75, 3.05) is 46.0 Å². The number of morpholine rings is 1. The molecule has 1 spiro atoms. The smallest absolute Gasteiger partial charge is 0.317 e. The lowest BCUT2D eigenvalue weighted by Crippen LogP contribution is -2.57. The van der Waals surface area contributed by atoms with Gasteiger partial charge in [0.25, 0.3) is 0 Å². The van der Waals surface area contributed by atoms with Gasteiger partial charge in [0.05, 0.1) is 18.8 Å². The predicted octanol–water partition coefficient (Wildman–Crippen LogP) is 1.98. The third-order valence-electron chi connectivity index (χ3n) is 6.67. The first kappa shape index (κ1) is 17.6. The molecule has 0 bridgehead atoms. The Kier molecular flexibility index (Phi) is 5.48. The summed E-state index contributed by atoms with van der Waals surface area (Å²) >= 11 is 0. The maximum absolute atomic E-state index is 12.5. The van der Waals surface area contributed by atoms with E-state index in [0.29, 0.717) is 12.1 Å². The van der Waals surface area contributed by atoms with E-state index in [1.165, 1.54) is 12.8 Å². The molecule has 3 saturated heterocycles. The van der Waals surface area contributed by atoms with Crippen LogP contribution in [0.4, 0.5) is 4.79 Å². The molecule has 0 aromatic rings. The Balaban J connectivity index is 1.28. The molecule has 4 fully saturated rings. The lowest BCUT2D eigenvalue weighted by Gasteiger charge is -2.49. The Morgan fingerprint density at radius 3 is 2.40 bits per heavy atom. The van der Waals surface area contributed by atoms with Crippen molar-refractivity contribution in [3.05, 3.63) is 0 Å². The van der Waals surface area contributed by atoms with E-state index < -0.39 is 0 Å². The van der Waals surface area contributed by atoms with E-state index in [4.69, 9.17) is 9.47 Å². The highest BCUT2D eigenvalue weighted by atomic mass is 16.5. The van der Waals surface area contributed by atoms with Crippen LogP contribution in [0, 0.1) is 0 Å². The number of urea groups is 1. The van der Waals surface area contributed by atoms with Gasteiger partial charge in [-0.15, -0.1) is 0 Å². The molecule has 0 aromatic carbocycles. The van der Waals surface area contributed by atoms with Gasteiger partial charge in [-0.1, -0.05) is 12.8 Å². The van der Waals surface area contributed by atoms with Gasteiger partial charge >= 0.3 is 6.03 Å². The van der Waals surface area contributed by atoms with Crippen molar-refractivity contribution in [1.82, 2.24) is 15.1 Å². The maximum atomic E-state index is 12.5. The number of carbonyl (C=O) groups is 1. The summed E-state index contributed by atoms with van der Waals surface area (Å²) in [6.45, 7) is 6.34. The largest absolute Gasteiger partial charge is 0.379 e. The molecular formula is C19H33N3O3. The Bertz CT molecular complexity index is 453. The number of hydrogen-bond acceptors (Lipinski definition) is 4. The molecule has 1 unspecified atom stereocenters. The van der Waals surface area contributed by atoms with Crippen molar-refractivity contribution in [2.24, 2.45) is 0 Å². The first-order valence-corrected chi connectivity index (χ1v) is 10.3. The minimum atomic E-state index is -0.00857. The van der Waals surface area contributed by atoms with Crippen molar-refractivity contribution < 1.29 is 14.3 Å². The van der Waals surface area contributed by atoms with Gasteiger partial charge in [-0.2, -0.15) is 0 Å². The molecule has 142 valence electrons. The highest BCUT2D eigenvalue weighted by molar-refractivity contribution is 5.74. The molecule has 6 heteroatoms. The van der Waals surface area contributed by atoms with E-state index in [-0.39, 0.29) is 11.6 Å². The molecule has 6 nitrogen and oxygen atoms in total. The second-order valence-corrected chi connectivity index (χ2v) is 8.24. The topological polar surface area (TPSA) is 54.0 Å². The van der Waals surface area contributed by atoms with Gasteiger partial charge in [-0.25, -0.2) is 4.79 Å². The fourth-order valence-electron chi connectivity index (χ4n) is 5.06. The maximum Gasteiger partial charge on any atom is 0.317 e. The van der Waals surface area contributed by atoms with E-state index >= 15 is 0 Å². The molecule has 1 saturated carbocycles. The van der Waals surface area contributed by atoms with Crippen LogP contribution in [0.2, 0.25) is 0 Å². The third-order valence-corrected chi connectivity index (χ3v) is 6.67. The molecule has 25 heavy (non-hydrogen) atoms. The van der Waals surface area contributed by atoms with Crippen LogP contribution in [-0.2, 0) is 9.47 Å². The fraction of sp³-hybridized carbons (Fsp3) is 0.947. The molecule has 0 radical (unpaired) electrons. The van der Waals surface area contributed by atoms with Crippen molar-refractivity contribution >= 4 is 6.03 Å². The molecule has 4 aliphatic rings. The van der Waals surface area contributed by atoms with Gasteiger partial charge in [-0.05, 0) is 38.5 Å². The first-order chi connectivity index (χ1) is 12.2. The zero-order valence-corrected chi connectivity index (χ0v) is 15.4. The predicted molar refractivity (Wildman–Crippen MR) is 95.7 cm³/mol. The van der Waals surface area contributed by atoms with Crippen LogP contribution < -0.4 is 5.32 Å². The SMILES string of the molecule is O=C(NC1CCCC1)N1CCC2(CC1)CC(N1CCOCC1)CCO2. The third kappa shape index (κ3) is 4.12. The number of hydrogen-bond donors (Lipinski definition) is 1. The van der Waals surface area contributed by atoms with Crippen LogP contribution in [0.3, 0.4) is 0 Å². The zero-order valence-electron chi connectivity index (χ0n) is 15.4. The molecule has 1 aliphatic carbocycles. The molecule has 3 aliphatic heterocycles. The second kappa shape index (κ2) is 7.80. The number of ether oxygens (including phenoxy) is 2. The summed E-state index contributed by atoms with van der Waals surface area (Å²) in [5, 5.41) is 3.22. The molecule has 2 amide bonds. The first-order valence-electron chi connectivity index (χ1n) is 10.3. The Morgan fingerprint density at radius 2 is 1.68 bits per heavy atom. The second-order valence-electron chi connectivity index (χ2n) is 8.24. The number of amides is 2. The Labute approximate surface area is 151 Å². The number of nitrogens with zero attached hydrogens (tertiary/aromatic N) is 2. The summed E-state index contributed by atoms with van der Waals surface area (Å²) in [4.78, 5) is 17.1. The van der Waals surface area contributed by atoms with Crippen LogP contribution in [0.5, 0.6) is 0 Å². The number of rotatable bonds is 2. The summed E-state index contributed by atoms with van der Waals surface area (Å²) in [5.74, 6) is 0. The number of likely N-dealkylation sites (tertiary alicyclic amines) is 1. The highest BCUT2D eigenvalue weighted by Gasteiger charge is 2.42. The van der Waals surface area contributed by atoms with Crippen molar-refractivity contribution in [3.8, 4) is 0 Å². The average molecular weight is 351 g/mol. The summed E-state index contributed by atoms with van der Waals surface area (Å²) in [7, 11) is 0. The summed E-state index contributed by atoms with van der Waals surface area (Å²) in [6.07, 6.45) is 9.01. The van der Waals surface area contributed by atoms with Crippen molar-refractivity contribution in [2.45, 2.75) is 69.1 Å². The van der Waals surface area contributed by atoms with Crippen molar-refractivity contribution in [3.63, 3.8) is 0 Å². The van der Waals surface area contributed by atoms with E-state index in [2.05, 4.69) is 10.2 Å². The van der Waals surface area contributed by atoms with Gasteiger partial charge < -0.3 is 19.7 Å². The quantitative estimate of drug-likeness (QED) is 0.827. The summed E-state index contributed by atoms with van der Waals surface area (Å²) in [5.41, 5.74) is -0.00857. The minimum absolute atomic E-state index is 0.00857. The van der Waals surface area contributed by atoms with Gasteiger partial charge in [-0.3, -0.25) is 4.90 Å². The number of carbonyl (C=O) groups excluding carboxylic acids is 1. The molecule has 1 atom stereocenters. The van der Waals surface area contributed by atoms with E-state index in [1.54, 1.807) is 0 Å². The molecule has 1 N–H and O–H groups in total. The van der Waals surface area contributed by atoms with Gasteiger partial charge in [0, 0.05) is 44.9 Å². The van der Waals surface area contributed by atoms with E-state index in [0.717, 1.165) is 84.5 Å². The van der Waals surface area contributed by atoms with Crippen LogP contribution in [0.1, 0.15) is 51.4 Å². The zero-order chi connectivity index (χ0) is 17.1. The van der Waals surface area contributed by atoms with E-state index in [1.807, 2.05) is 4.90 Å². The lowest BCUT2D eigenvalue weighted by molar-refractivity contribution is -0.135. The number of piperidine rings is 1. The van der Waals surface area contributed by atoms with E-state index in [9.17, 15) is 4.79 Å². The van der Waals surface area contributed by atoms with Gasteiger partial charge in [0.2, 0.25) is 0 Å². The number of nitrogens with one attached hydrogen (secondary N) is 1. The van der Waals surface area contributed by atoms with Crippen LogP contribution in [-0.4, -0.2) is 79.5 Å². The minimum Gasteiger partial charge on any atom is -0.379 e. The Morgan fingerprint density at radius 1 is 0.960 bits per heavy atom. The van der Waals surface area contributed by atoms with Crippen LogP contribution in [0.15, 0.2) is 0 Å². The average Bonchev–Trinajstić information content (AvgIpc) is 3.16. The van der Waals surface area contributed by atoms with Crippen LogP contribution in [0.25, 0.3) is 0 Å². The normalized spacial score (nSPS) is 31.4. The molecule has 4 rings (SSSR count). The summed E-state index contributed by atoms with van der Waals surface area (Å²) in [6, 6.07) is 1.17. The van der Waals surface area contributed by atoms with Crippen molar-refractivity contribution in [1.29, 1.82) is 0 Å². The standard InChI is InChI=1S/C19H33N3O3/c23-18(20-16-3-1-2-4-16)22-8-6-19(7-9-22)15-17(5-12-25-19)21-10-13-24-14-11-21/h16-17H,1-15H2,(H,20,23). The highest BCUT2D eigenvalue weighted by Crippen LogP contribution is 2.37. The van der Waals surface area contributed by atoms with Crippen LogP contribution >= 0.6 is 0 Å². The monoisotopic (exact) mass is 351 g/mol. The fourth-order valence-corrected chi connectivity index (χ4v) is 5.06. The Hall–Kier alpha value is -0.850. The van der Waals surface area contributed by atoms with Gasteiger partial charge in [0.1, 0.15) is 0 Å². The lowest BCUT2D eigenvalue weighted by atomic mass is 9.82. The molecule has 0 aromatic heterocycles. The van der Waals surface area contributed by atoms with Gasteiger partial charge in [0.15, 0.2) is 0 Å². The molecular weight excluding hydrogens is 318 g/mol. The molecule has 3 heterocycles. The summed E-state index contributed by atoms with van der Waals surface area (Å²) < 4.78 is 11.8.